The van der Waals surface area contributed by atoms with Crippen molar-refractivity contribution in [2.24, 2.45) is 0 Å². The number of amides is 1. The predicted octanol–water partition coefficient (Wildman–Crippen LogP) is 3.07. The quantitative estimate of drug-likeness (QED) is 0.655. The Morgan fingerprint density at radius 2 is 2.04 bits per heavy atom. The molecule has 0 aliphatic carbocycles. The van der Waals surface area contributed by atoms with E-state index in [2.05, 4.69) is 31.8 Å². The number of hydrogen-bond donors (Lipinski definition) is 2. The van der Waals surface area contributed by atoms with Crippen LogP contribution in [-0.4, -0.2) is 15.5 Å². The number of anilines is 1. The average Bonchev–Trinajstić information content (AvgIpc) is 2.60. The molecule has 3 rings (SSSR count). The van der Waals surface area contributed by atoms with Crippen LogP contribution in [0.4, 0.5) is 10.3 Å². The summed E-state index contributed by atoms with van der Waals surface area (Å²) < 4.78 is 14.9. The lowest BCUT2D eigenvalue weighted by Gasteiger charge is -2.14. The summed E-state index contributed by atoms with van der Waals surface area (Å²) in [6.07, 6.45) is 0. The summed E-state index contributed by atoms with van der Waals surface area (Å²) in [7, 11) is 0. The Morgan fingerprint density at radius 3 is 2.76 bits per heavy atom. The summed E-state index contributed by atoms with van der Waals surface area (Å²) in [6.45, 7) is 2.19. The molecule has 6 nitrogen and oxygen atoms in total. The summed E-state index contributed by atoms with van der Waals surface area (Å²) in [4.78, 5) is 29.1. The van der Waals surface area contributed by atoms with Crippen molar-refractivity contribution in [2.45, 2.75) is 13.5 Å². The number of nitrogens with zero attached hydrogens (tertiary/aromatic N) is 2. The number of rotatable bonds is 4. The molecule has 0 aliphatic heterocycles. The van der Waals surface area contributed by atoms with E-state index in [1.165, 1.54) is 22.8 Å². The van der Waals surface area contributed by atoms with Gasteiger partial charge in [0.2, 0.25) is 5.95 Å². The summed E-state index contributed by atoms with van der Waals surface area (Å²) in [5, 5.41) is 0.502. The van der Waals surface area contributed by atoms with Gasteiger partial charge in [0.25, 0.3) is 11.5 Å². The van der Waals surface area contributed by atoms with Crippen LogP contribution in [0.1, 0.15) is 17.3 Å². The van der Waals surface area contributed by atoms with E-state index in [0.29, 0.717) is 21.9 Å². The molecule has 0 saturated carbocycles. The molecule has 1 aromatic heterocycles. The van der Waals surface area contributed by atoms with Crippen molar-refractivity contribution in [3.63, 3.8) is 0 Å². The highest BCUT2D eigenvalue weighted by Gasteiger charge is 2.13. The zero-order valence-electron chi connectivity index (χ0n) is 13.2. The van der Waals surface area contributed by atoms with Crippen molar-refractivity contribution in [1.29, 1.82) is 0 Å². The number of halogens is 2. The first-order valence-corrected chi connectivity index (χ1v) is 8.31. The molecular weight excluding hydrogens is 391 g/mol. The van der Waals surface area contributed by atoms with E-state index in [4.69, 9.17) is 0 Å². The molecule has 0 fully saturated rings. The topological polar surface area (TPSA) is 76.0 Å². The number of hydrazine groups is 1. The van der Waals surface area contributed by atoms with Gasteiger partial charge in [-0.15, -0.1) is 0 Å². The van der Waals surface area contributed by atoms with Gasteiger partial charge in [-0.25, -0.2) is 9.37 Å². The van der Waals surface area contributed by atoms with Crippen molar-refractivity contribution in [2.75, 3.05) is 5.43 Å². The first kappa shape index (κ1) is 17.1. The SMILES string of the molecule is CCn1c(NNC(=O)c2ccc(F)cc2Br)nc2ccccc2c1=O. The summed E-state index contributed by atoms with van der Waals surface area (Å²) >= 11 is 3.15. The molecule has 0 radical (unpaired) electrons. The van der Waals surface area contributed by atoms with Crippen molar-refractivity contribution < 1.29 is 9.18 Å². The second-order valence-corrected chi connectivity index (χ2v) is 6.06. The molecule has 0 saturated heterocycles. The molecule has 1 amide bonds. The fourth-order valence-electron chi connectivity index (χ4n) is 2.41. The van der Waals surface area contributed by atoms with Crippen molar-refractivity contribution in [3.8, 4) is 0 Å². The van der Waals surface area contributed by atoms with Crippen LogP contribution in [-0.2, 0) is 6.54 Å². The van der Waals surface area contributed by atoms with Gasteiger partial charge in [0.1, 0.15) is 5.82 Å². The number of hydrogen-bond acceptors (Lipinski definition) is 4. The minimum Gasteiger partial charge on any atom is -0.277 e. The van der Waals surface area contributed by atoms with Gasteiger partial charge in [-0.2, -0.15) is 0 Å². The average molecular weight is 405 g/mol. The van der Waals surface area contributed by atoms with E-state index >= 15 is 0 Å². The minimum absolute atomic E-state index is 0.201. The lowest BCUT2D eigenvalue weighted by Crippen LogP contribution is -2.34. The van der Waals surface area contributed by atoms with Crippen molar-refractivity contribution >= 4 is 38.7 Å². The fraction of sp³-hybridized carbons (Fsp3) is 0.118. The van der Waals surface area contributed by atoms with Crippen LogP contribution in [0, 0.1) is 5.82 Å². The third-order valence-corrected chi connectivity index (χ3v) is 4.30. The van der Waals surface area contributed by atoms with Crippen LogP contribution < -0.4 is 16.4 Å². The second kappa shape index (κ2) is 7.02. The standard InChI is InChI=1S/C17H14BrFN4O2/c1-2-23-16(25)12-5-3-4-6-14(12)20-17(23)22-21-15(24)11-8-7-10(19)9-13(11)18/h3-9H,2H2,1H3,(H,20,22)(H,21,24). The second-order valence-electron chi connectivity index (χ2n) is 5.21. The molecule has 2 N–H and O–H groups in total. The zero-order valence-corrected chi connectivity index (χ0v) is 14.8. The van der Waals surface area contributed by atoms with E-state index < -0.39 is 11.7 Å². The third-order valence-electron chi connectivity index (χ3n) is 3.64. The van der Waals surface area contributed by atoms with Gasteiger partial charge in [-0.3, -0.25) is 25.0 Å². The van der Waals surface area contributed by atoms with E-state index in [9.17, 15) is 14.0 Å². The Morgan fingerprint density at radius 1 is 1.28 bits per heavy atom. The van der Waals surface area contributed by atoms with Gasteiger partial charge >= 0.3 is 0 Å². The lowest BCUT2D eigenvalue weighted by molar-refractivity contribution is 0.0961. The molecule has 0 bridgehead atoms. The number of fused-ring (bicyclic) bond motifs is 1. The van der Waals surface area contributed by atoms with Gasteiger partial charge in [0.15, 0.2) is 0 Å². The number of benzene rings is 2. The lowest BCUT2D eigenvalue weighted by atomic mass is 10.2. The highest BCUT2D eigenvalue weighted by Crippen LogP contribution is 2.18. The maximum Gasteiger partial charge on any atom is 0.270 e. The predicted molar refractivity (Wildman–Crippen MR) is 96.9 cm³/mol. The number of para-hydroxylation sites is 1. The van der Waals surface area contributed by atoms with Crippen LogP contribution in [0.15, 0.2) is 51.7 Å². The number of carbonyl (C=O) groups excluding carboxylic acids is 1. The molecule has 25 heavy (non-hydrogen) atoms. The Kier molecular flexibility index (Phi) is 4.80. The van der Waals surface area contributed by atoms with Gasteiger partial charge in [-0.1, -0.05) is 12.1 Å². The largest absolute Gasteiger partial charge is 0.277 e. The summed E-state index contributed by atoms with van der Waals surface area (Å²) in [5.41, 5.74) is 5.73. The first-order valence-electron chi connectivity index (χ1n) is 7.52. The van der Waals surface area contributed by atoms with Gasteiger partial charge in [-0.05, 0) is 53.2 Å². The Bertz CT molecular complexity index is 1020. The van der Waals surface area contributed by atoms with E-state index in [1.807, 2.05) is 0 Å². The van der Waals surface area contributed by atoms with Crippen LogP contribution in [0.5, 0.6) is 0 Å². The maximum atomic E-state index is 13.1. The minimum atomic E-state index is -0.489. The molecule has 0 aliphatic rings. The maximum absolute atomic E-state index is 13.1. The smallest absolute Gasteiger partial charge is 0.270 e. The molecule has 1 heterocycles. The molecule has 0 spiro atoms. The molecule has 0 unspecified atom stereocenters. The molecule has 2 aromatic carbocycles. The fourth-order valence-corrected chi connectivity index (χ4v) is 2.94. The van der Waals surface area contributed by atoms with Crippen molar-refractivity contribution in [1.82, 2.24) is 15.0 Å². The van der Waals surface area contributed by atoms with Gasteiger partial charge in [0.05, 0.1) is 16.5 Å². The molecular formula is C17H14BrFN4O2. The molecule has 8 heteroatoms. The van der Waals surface area contributed by atoms with Gasteiger partial charge < -0.3 is 0 Å². The number of aromatic nitrogens is 2. The summed E-state index contributed by atoms with van der Waals surface area (Å²) in [6, 6.07) is 10.7. The van der Waals surface area contributed by atoms with E-state index in [0.717, 1.165) is 0 Å². The third kappa shape index (κ3) is 3.39. The Labute approximate surface area is 150 Å². The Hall–Kier alpha value is -2.74. The van der Waals surface area contributed by atoms with Crippen LogP contribution in [0.25, 0.3) is 10.9 Å². The number of carbonyl (C=O) groups is 1. The Balaban J connectivity index is 1.90. The number of nitrogens with one attached hydrogen (secondary N) is 2. The highest BCUT2D eigenvalue weighted by molar-refractivity contribution is 9.10. The molecule has 128 valence electrons. The highest BCUT2D eigenvalue weighted by atomic mass is 79.9. The summed E-state index contributed by atoms with van der Waals surface area (Å²) in [5.74, 6) is -0.720. The van der Waals surface area contributed by atoms with Crippen LogP contribution >= 0.6 is 15.9 Å². The monoisotopic (exact) mass is 404 g/mol. The van der Waals surface area contributed by atoms with Crippen molar-refractivity contribution in [3.05, 3.63) is 68.7 Å². The van der Waals surface area contributed by atoms with E-state index in [1.54, 1.807) is 31.2 Å². The van der Waals surface area contributed by atoms with E-state index in [-0.39, 0.29) is 17.1 Å². The molecule has 0 atom stereocenters. The van der Waals surface area contributed by atoms with Crippen LogP contribution in [0.2, 0.25) is 0 Å². The first-order chi connectivity index (χ1) is 12.0. The molecule has 3 aromatic rings. The zero-order chi connectivity index (χ0) is 18.0. The normalized spacial score (nSPS) is 10.7. The van der Waals surface area contributed by atoms with Gasteiger partial charge in [0, 0.05) is 11.0 Å². The van der Waals surface area contributed by atoms with Crippen LogP contribution in [0.3, 0.4) is 0 Å².